The summed E-state index contributed by atoms with van der Waals surface area (Å²) in [6, 6.07) is 0. The summed E-state index contributed by atoms with van der Waals surface area (Å²) < 4.78 is 4.86. The van der Waals surface area contributed by atoms with Crippen LogP contribution < -0.4 is 5.73 Å². The first-order valence-corrected chi connectivity index (χ1v) is 5.10. The highest BCUT2D eigenvalue weighted by Gasteiger charge is 2.42. The van der Waals surface area contributed by atoms with E-state index in [1.54, 1.807) is 0 Å². The predicted molar refractivity (Wildman–Crippen MR) is 55.7 cm³/mol. The molecule has 0 spiro atoms. The maximum atomic E-state index is 11.7. The molecule has 14 heavy (non-hydrogen) atoms. The van der Waals surface area contributed by atoms with E-state index in [0.717, 1.165) is 37.7 Å². The minimum atomic E-state index is -0.314. The molecule has 1 fully saturated rings. The maximum Gasteiger partial charge on any atom is 0.312 e. The first-order chi connectivity index (χ1) is 6.64. The van der Waals surface area contributed by atoms with Crippen LogP contribution in [0.3, 0.4) is 0 Å². The molecule has 0 aromatic rings. The molecule has 0 amide bonds. The fourth-order valence-corrected chi connectivity index (χ4v) is 2.22. The van der Waals surface area contributed by atoms with Crippen LogP contribution in [0.2, 0.25) is 0 Å². The second-order valence-corrected chi connectivity index (χ2v) is 4.09. The van der Waals surface area contributed by atoms with Gasteiger partial charge in [0.25, 0.3) is 0 Å². The first-order valence-electron chi connectivity index (χ1n) is 5.10. The molecule has 0 aromatic carbocycles. The summed E-state index contributed by atoms with van der Waals surface area (Å²) in [5.74, 6) is -0.0930. The van der Waals surface area contributed by atoms with E-state index in [4.69, 9.17) is 10.5 Å². The summed E-state index contributed by atoms with van der Waals surface area (Å²) in [7, 11) is 1.45. The number of carbonyl (C=O) groups is 1. The molecule has 80 valence electrons. The molecule has 0 saturated heterocycles. The lowest BCUT2D eigenvalue weighted by atomic mass is 9.81. The quantitative estimate of drug-likeness (QED) is 0.550. The molecule has 1 aliphatic carbocycles. The van der Waals surface area contributed by atoms with Crippen LogP contribution in [0.25, 0.3) is 0 Å². The van der Waals surface area contributed by atoms with Crippen molar-refractivity contribution >= 4 is 5.97 Å². The van der Waals surface area contributed by atoms with Gasteiger partial charge in [-0.05, 0) is 38.6 Å². The Kier molecular flexibility index (Phi) is 3.69. The average Bonchev–Trinajstić information content (AvgIpc) is 2.57. The summed E-state index contributed by atoms with van der Waals surface area (Å²) >= 11 is 0. The van der Waals surface area contributed by atoms with Crippen molar-refractivity contribution in [2.75, 3.05) is 13.7 Å². The van der Waals surface area contributed by atoms with Gasteiger partial charge in [-0.3, -0.25) is 4.79 Å². The van der Waals surface area contributed by atoms with Crippen molar-refractivity contribution in [3.8, 4) is 0 Å². The number of rotatable bonds is 4. The van der Waals surface area contributed by atoms with Gasteiger partial charge in [-0.2, -0.15) is 0 Å². The SMILES string of the molecule is C=C1CCC(CCCN)(C(=O)OC)C1. The largest absolute Gasteiger partial charge is 0.469 e. The van der Waals surface area contributed by atoms with Gasteiger partial charge in [-0.15, -0.1) is 0 Å². The Morgan fingerprint density at radius 1 is 1.71 bits per heavy atom. The van der Waals surface area contributed by atoms with Gasteiger partial charge in [0, 0.05) is 0 Å². The number of hydrogen-bond acceptors (Lipinski definition) is 3. The summed E-state index contributed by atoms with van der Waals surface area (Å²) in [4.78, 5) is 11.7. The highest BCUT2D eigenvalue weighted by molar-refractivity contribution is 5.77. The monoisotopic (exact) mass is 197 g/mol. The number of hydrogen-bond donors (Lipinski definition) is 1. The molecule has 0 heterocycles. The van der Waals surface area contributed by atoms with Gasteiger partial charge < -0.3 is 10.5 Å². The molecule has 0 aromatic heterocycles. The fraction of sp³-hybridized carbons (Fsp3) is 0.727. The van der Waals surface area contributed by atoms with Crippen LogP contribution in [-0.2, 0) is 9.53 Å². The Labute approximate surface area is 85.3 Å². The van der Waals surface area contributed by atoms with Crippen LogP contribution in [0.1, 0.15) is 32.1 Å². The topological polar surface area (TPSA) is 52.3 Å². The van der Waals surface area contributed by atoms with Crippen molar-refractivity contribution in [2.24, 2.45) is 11.1 Å². The number of methoxy groups -OCH3 is 1. The van der Waals surface area contributed by atoms with Gasteiger partial charge in [0.1, 0.15) is 0 Å². The van der Waals surface area contributed by atoms with Gasteiger partial charge in [-0.1, -0.05) is 12.2 Å². The Hall–Kier alpha value is -0.830. The van der Waals surface area contributed by atoms with Crippen LogP contribution in [0.4, 0.5) is 0 Å². The maximum absolute atomic E-state index is 11.7. The van der Waals surface area contributed by atoms with Crippen molar-refractivity contribution < 1.29 is 9.53 Å². The van der Waals surface area contributed by atoms with Crippen LogP contribution in [0.15, 0.2) is 12.2 Å². The van der Waals surface area contributed by atoms with E-state index in [9.17, 15) is 4.79 Å². The van der Waals surface area contributed by atoms with Gasteiger partial charge >= 0.3 is 5.97 Å². The molecule has 1 unspecified atom stereocenters. The van der Waals surface area contributed by atoms with Crippen molar-refractivity contribution in [3.05, 3.63) is 12.2 Å². The van der Waals surface area contributed by atoms with Crippen molar-refractivity contribution in [1.82, 2.24) is 0 Å². The second-order valence-electron chi connectivity index (χ2n) is 4.09. The van der Waals surface area contributed by atoms with Crippen molar-refractivity contribution in [2.45, 2.75) is 32.1 Å². The van der Waals surface area contributed by atoms with E-state index >= 15 is 0 Å². The number of carbonyl (C=O) groups excluding carboxylic acids is 1. The van der Waals surface area contributed by atoms with Gasteiger partial charge in [0.15, 0.2) is 0 Å². The highest BCUT2D eigenvalue weighted by atomic mass is 16.5. The third-order valence-corrected chi connectivity index (χ3v) is 3.02. The van der Waals surface area contributed by atoms with E-state index in [1.807, 2.05) is 0 Å². The zero-order chi connectivity index (χ0) is 10.6. The first kappa shape index (κ1) is 11.2. The van der Waals surface area contributed by atoms with Gasteiger partial charge in [0.2, 0.25) is 0 Å². The number of esters is 1. The number of allylic oxidation sites excluding steroid dienone is 1. The molecule has 1 aliphatic rings. The lowest BCUT2D eigenvalue weighted by molar-refractivity contribution is -0.152. The van der Waals surface area contributed by atoms with E-state index in [2.05, 4.69) is 6.58 Å². The van der Waals surface area contributed by atoms with Crippen molar-refractivity contribution in [1.29, 1.82) is 0 Å². The molecule has 1 saturated carbocycles. The molecule has 1 rings (SSSR count). The van der Waals surface area contributed by atoms with Crippen molar-refractivity contribution in [3.63, 3.8) is 0 Å². The standard InChI is InChI=1S/C11H19NO2/c1-9-4-6-11(8-9,5-3-7-12)10(13)14-2/h1,3-8,12H2,2H3. The lowest BCUT2D eigenvalue weighted by Crippen LogP contribution is -2.30. The van der Waals surface area contributed by atoms with Crippen LogP contribution >= 0.6 is 0 Å². The molecule has 1 atom stereocenters. The summed E-state index contributed by atoms with van der Waals surface area (Å²) in [6.45, 7) is 4.57. The Morgan fingerprint density at radius 2 is 2.43 bits per heavy atom. The summed E-state index contributed by atoms with van der Waals surface area (Å²) in [6.07, 6.45) is 4.30. The Morgan fingerprint density at radius 3 is 2.86 bits per heavy atom. The third kappa shape index (κ3) is 2.15. The van der Waals surface area contributed by atoms with Gasteiger partial charge in [0.05, 0.1) is 12.5 Å². The van der Waals surface area contributed by atoms with Crippen LogP contribution in [0.5, 0.6) is 0 Å². The highest BCUT2D eigenvalue weighted by Crippen LogP contribution is 2.45. The third-order valence-electron chi connectivity index (χ3n) is 3.02. The fourth-order valence-electron chi connectivity index (χ4n) is 2.22. The minimum absolute atomic E-state index is 0.0930. The molecular weight excluding hydrogens is 178 g/mol. The second kappa shape index (κ2) is 4.60. The molecule has 0 bridgehead atoms. The molecule has 3 heteroatoms. The summed E-state index contributed by atoms with van der Waals surface area (Å²) in [5, 5.41) is 0. The van der Waals surface area contributed by atoms with E-state index in [1.165, 1.54) is 7.11 Å². The number of nitrogens with two attached hydrogens (primary N) is 1. The minimum Gasteiger partial charge on any atom is -0.469 e. The predicted octanol–water partition coefficient (Wildman–Crippen LogP) is 1.62. The average molecular weight is 197 g/mol. The number of ether oxygens (including phenoxy) is 1. The lowest BCUT2D eigenvalue weighted by Gasteiger charge is -2.25. The normalized spacial score (nSPS) is 26.6. The molecule has 2 N–H and O–H groups in total. The van der Waals surface area contributed by atoms with E-state index < -0.39 is 0 Å². The van der Waals surface area contributed by atoms with Gasteiger partial charge in [-0.25, -0.2) is 0 Å². The smallest absolute Gasteiger partial charge is 0.312 e. The van der Waals surface area contributed by atoms with Crippen LogP contribution in [-0.4, -0.2) is 19.6 Å². The van der Waals surface area contributed by atoms with E-state index in [0.29, 0.717) is 6.54 Å². The molecular formula is C11H19NO2. The van der Waals surface area contributed by atoms with E-state index in [-0.39, 0.29) is 11.4 Å². The zero-order valence-electron chi connectivity index (χ0n) is 8.84. The summed E-state index contributed by atoms with van der Waals surface area (Å²) in [5.41, 5.74) is 6.31. The Balaban J connectivity index is 2.69. The molecule has 0 radical (unpaired) electrons. The Bertz CT molecular complexity index is 237. The zero-order valence-corrected chi connectivity index (χ0v) is 8.84. The molecule has 0 aliphatic heterocycles. The van der Waals surface area contributed by atoms with Crippen LogP contribution in [0, 0.1) is 5.41 Å². The molecule has 3 nitrogen and oxygen atoms in total.